The molecular weight excluding hydrogens is 210 g/mol. The Bertz CT molecular complexity index is 389. The van der Waals surface area contributed by atoms with E-state index in [2.05, 4.69) is 4.74 Å². The largest absolute Gasteiger partial charge is 0.377 e. The van der Waals surface area contributed by atoms with E-state index in [4.69, 9.17) is 0 Å². The summed E-state index contributed by atoms with van der Waals surface area (Å²) in [5, 5.41) is 10.7. The molecule has 0 aliphatic carbocycles. The molecule has 86 valence electrons. The first-order valence-electron chi connectivity index (χ1n) is 4.88. The number of nitro benzene ring substituents is 1. The Hall–Kier alpha value is -1.75. The summed E-state index contributed by atoms with van der Waals surface area (Å²) in [6.07, 6.45) is 0.637. The summed E-state index contributed by atoms with van der Waals surface area (Å²) in [4.78, 5) is 21.5. The van der Waals surface area contributed by atoms with E-state index in [1.165, 1.54) is 13.2 Å². The van der Waals surface area contributed by atoms with Crippen molar-refractivity contribution in [1.82, 2.24) is 0 Å². The van der Waals surface area contributed by atoms with Crippen LogP contribution in [0.15, 0.2) is 24.3 Å². The van der Waals surface area contributed by atoms with Gasteiger partial charge in [-0.25, -0.2) is 0 Å². The molecule has 0 atom stereocenters. The van der Waals surface area contributed by atoms with Gasteiger partial charge in [-0.3, -0.25) is 14.9 Å². The number of rotatable bonds is 6. The van der Waals surface area contributed by atoms with Gasteiger partial charge in [0, 0.05) is 25.2 Å². The lowest BCUT2D eigenvalue weighted by molar-refractivity contribution is -0.385. The van der Waals surface area contributed by atoms with Crippen LogP contribution in [0.3, 0.4) is 0 Å². The highest BCUT2D eigenvalue weighted by Crippen LogP contribution is 2.19. The summed E-state index contributed by atoms with van der Waals surface area (Å²) >= 11 is 0. The molecule has 0 unspecified atom stereocenters. The first-order chi connectivity index (χ1) is 7.65. The number of Topliss-reactive ketones (excluding diaryl/α,β-unsaturated/α-hetero) is 1. The van der Waals surface area contributed by atoms with Gasteiger partial charge < -0.3 is 4.74 Å². The minimum absolute atomic E-state index is 0.0550. The Balaban J connectivity index is 2.66. The molecular formula is C11H13NO4. The first-order valence-corrected chi connectivity index (χ1v) is 4.88. The molecule has 5 heteroatoms. The van der Waals surface area contributed by atoms with Crippen LogP contribution in [-0.4, -0.2) is 24.4 Å². The molecule has 0 spiro atoms. The fraction of sp³-hybridized carbons (Fsp3) is 0.364. The highest BCUT2D eigenvalue weighted by molar-refractivity contribution is 5.80. The van der Waals surface area contributed by atoms with E-state index < -0.39 is 4.92 Å². The van der Waals surface area contributed by atoms with Crippen LogP contribution in [0, 0.1) is 10.1 Å². The smallest absolute Gasteiger partial charge is 0.272 e. The van der Waals surface area contributed by atoms with E-state index in [0.717, 1.165) is 0 Å². The summed E-state index contributed by atoms with van der Waals surface area (Å²) < 4.78 is 4.69. The number of hydrogen-bond acceptors (Lipinski definition) is 4. The molecule has 16 heavy (non-hydrogen) atoms. The fourth-order valence-electron chi connectivity index (χ4n) is 1.41. The Morgan fingerprint density at radius 2 is 2.12 bits per heavy atom. The monoisotopic (exact) mass is 223 g/mol. The van der Waals surface area contributed by atoms with E-state index in [1.807, 2.05) is 0 Å². The van der Waals surface area contributed by atoms with Crippen LogP contribution < -0.4 is 0 Å². The predicted octanol–water partition coefficient (Wildman–Crippen LogP) is 1.74. The quantitative estimate of drug-likeness (QED) is 0.544. The topological polar surface area (TPSA) is 69.4 Å². The average molecular weight is 223 g/mol. The third-order valence-corrected chi connectivity index (χ3v) is 2.17. The number of ketones is 1. The predicted molar refractivity (Wildman–Crippen MR) is 58.3 cm³/mol. The van der Waals surface area contributed by atoms with Crippen LogP contribution in [-0.2, 0) is 16.0 Å². The van der Waals surface area contributed by atoms with Crippen molar-refractivity contribution in [3.05, 3.63) is 39.9 Å². The van der Waals surface area contributed by atoms with Crippen molar-refractivity contribution in [3.8, 4) is 0 Å². The lowest BCUT2D eigenvalue weighted by atomic mass is 10.1. The van der Waals surface area contributed by atoms with Gasteiger partial charge in [-0.05, 0) is 6.42 Å². The first kappa shape index (κ1) is 12.3. The number of para-hydroxylation sites is 1. The van der Waals surface area contributed by atoms with Gasteiger partial charge in [-0.1, -0.05) is 18.2 Å². The van der Waals surface area contributed by atoms with Crippen molar-refractivity contribution in [2.24, 2.45) is 0 Å². The van der Waals surface area contributed by atoms with Crippen molar-refractivity contribution < 1.29 is 14.5 Å². The van der Waals surface area contributed by atoms with Crippen molar-refractivity contribution >= 4 is 11.5 Å². The summed E-state index contributed by atoms with van der Waals surface area (Å²) in [6, 6.07) is 6.44. The van der Waals surface area contributed by atoms with Crippen LogP contribution in [0.25, 0.3) is 0 Å². The number of aryl methyl sites for hydroxylation is 1. The van der Waals surface area contributed by atoms with Crippen LogP contribution in [0.5, 0.6) is 0 Å². The van der Waals surface area contributed by atoms with Crippen LogP contribution in [0.1, 0.15) is 12.0 Å². The van der Waals surface area contributed by atoms with Gasteiger partial charge in [0.15, 0.2) is 5.78 Å². The highest BCUT2D eigenvalue weighted by atomic mass is 16.6. The minimum atomic E-state index is -0.434. The summed E-state index contributed by atoms with van der Waals surface area (Å²) in [7, 11) is 1.45. The molecule has 5 nitrogen and oxygen atoms in total. The zero-order valence-electron chi connectivity index (χ0n) is 9.01. The fourth-order valence-corrected chi connectivity index (χ4v) is 1.41. The van der Waals surface area contributed by atoms with Gasteiger partial charge in [0.05, 0.1) is 4.92 Å². The van der Waals surface area contributed by atoms with Gasteiger partial charge in [0.1, 0.15) is 6.61 Å². The third kappa shape index (κ3) is 3.43. The second-order valence-corrected chi connectivity index (χ2v) is 3.36. The maximum Gasteiger partial charge on any atom is 0.272 e. The van der Waals surface area contributed by atoms with Crippen LogP contribution in [0.2, 0.25) is 0 Å². The molecule has 0 aliphatic heterocycles. The van der Waals surface area contributed by atoms with Gasteiger partial charge in [0.2, 0.25) is 0 Å². The Labute approximate surface area is 93.2 Å². The van der Waals surface area contributed by atoms with Gasteiger partial charge in [0.25, 0.3) is 5.69 Å². The Kier molecular flexibility index (Phi) is 4.60. The van der Waals surface area contributed by atoms with Crippen LogP contribution in [0.4, 0.5) is 5.69 Å². The second-order valence-electron chi connectivity index (χ2n) is 3.36. The molecule has 0 heterocycles. The number of methoxy groups -OCH3 is 1. The van der Waals surface area contributed by atoms with Crippen molar-refractivity contribution in [1.29, 1.82) is 0 Å². The molecule has 0 radical (unpaired) electrons. The Morgan fingerprint density at radius 1 is 1.44 bits per heavy atom. The van der Waals surface area contributed by atoms with Crippen molar-refractivity contribution in [2.75, 3.05) is 13.7 Å². The number of nitrogens with zero attached hydrogens (tertiary/aromatic N) is 1. The SMILES string of the molecule is COCC(=O)CCc1ccccc1[N+](=O)[O-]. The van der Waals surface area contributed by atoms with Gasteiger partial charge in [-0.2, -0.15) is 0 Å². The molecule has 0 N–H and O–H groups in total. The molecule has 1 rings (SSSR count). The molecule has 0 bridgehead atoms. The normalized spacial score (nSPS) is 10.1. The molecule has 0 amide bonds. The zero-order chi connectivity index (χ0) is 12.0. The number of carbonyl (C=O) groups excluding carboxylic acids is 1. The third-order valence-electron chi connectivity index (χ3n) is 2.17. The van der Waals surface area contributed by atoms with Crippen LogP contribution >= 0.6 is 0 Å². The zero-order valence-corrected chi connectivity index (χ0v) is 9.01. The van der Waals surface area contributed by atoms with E-state index in [0.29, 0.717) is 12.0 Å². The lowest BCUT2D eigenvalue weighted by Gasteiger charge is -2.02. The number of nitro groups is 1. The van der Waals surface area contributed by atoms with Crippen molar-refractivity contribution in [2.45, 2.75) is 12.8 Å². The highest BCUT2D eigenvalue weighted by Gasteiger charge is 2.13. The maximum atomic E-state index is 11.2. The molecule has 1 aromatic rings. The number of ether oxygens (including phenoxy) is 1. The minimum Gasteiger partial charge on any atom is -0.377 e. The molecule has 0 aliphatic rings. The number of hydrogen-bond donors (Lipinski definition) is 0. The van der Waals surface area contributed by atoms with Gasteiger partial charge in [-0.15, -0.1) is 0 Å². The van der Waals surface area contributed by atoms with E-state index in [-0.39, 0.29) is 24.5 Å². The molecule has 0 fully saturated rings. The standard InChI is InChI=1S/C11H13NO4/c1-16-8-10(13)7-6-9-4-2-3-5-11(9)12(14)15/h2-5H,6-8H2,1H3. The van der Waals surface area contributed by atoms with E-state index in [9.17, 15) is 14.9 Å². The molecule has 0 saturated carbocycles. The summed E-state index contributed by atoms with van der Waals surface area (Å²) in [6.45, 7) is 0.0562. The average Bonchev–Trinajstić information content (AvgIpc) is 2.27. The Morgan fingerprint density at radius 3 is 2.75 bits per heavy atom. The summed E-state index contributed by atoms with van der Waals surface area (Å²) in [5.74, 6) is -0.0550. The number of carbonyl (C=O) groups is 1. The van der Waals surface area contributed by atoms with Gasteiger partial charge >= 0.3 is 0 Å². The molecule has 1 aromatic carbocycles. The maximum absolute atomic E-state index is 11.2. The lowest BCUT2D eigenvalue weighted by Crippen LogP contribution is -2.08. The second kappa shape index (κ2) is 5.97. The molecule has 0 saturated heterocycles. The van der Waals surface area contributed by atoms with Crippen molar-refractivity contribution in [3.63, 3.8) is 0 Å². The van der Waals surface area contributed by atoms with E-state index >= 15 is 0 Å². The van der Waals surface area contributed by atoms with E-state index in [1.54, 1.807) is 18.2 Å². The summed E-state index contributed by atoms with van der Waals surface area (Å²) in [5.41, 5.74) is 0.643. The molecule has 0 aromatic heterocycles. The number of benzene rings is 1.